The molecule has 1 saturated carbocycles. The third kappa shape index (κ3) is 1.93. The molecule has 1 fully saturated rings. The van der Waals surface area contributed by atoms with Gasteiger partial charge < -0.3 is 10.7 Å². The second-order valence-electron chi connectivity index (χ2n) is 5.96. The lowest BCUT2D eigenvalue weighted by Crippen LogP contribution is -1.92. The van der Waals surface area contributed by atoms with E-state index in [0.29, 0.717) is 17.8 Å². The Hall–Kier alpha value is -1.48. The number of aryl methyl sites for hydroxylation is 1. The van der Waals surface area contributed by atoms with Crippen LogP contribution in [0.3, 0.4) is 0 Å². The van der Waals surface area contributed by atoms with Gasteiger partial charge in [0.25, 0.3) is 0 Å². The molecule has 2 aromatic rings. The van der Waals surface area contributed by atoms with Crippen molar-refractivity contribution in [2.75, 3.05) is 5.73 Å². The van der Waals surface area contributed by atoms with Crippen LogP contribution in [0.25, 0.3) is 0 Å². The molecule has 100 valence electrons. The van der Waals surface area contributed by atoms with Gasteiger partial charge in [-0.1, -0.05) is 37.6 Å². The maximum Gasteiger partial charge on any atom is 0.197 e. The number of halogens is 1. The van der Waals surface area contributed by atoms with E-state index in [1.807, 2.05) is 19.1 Å². The lowest BCUT2D eigenvalue weighted by molar-refractivity contribution is 0.597. The number of nitrogens with one attached hydrogen (secondary N) is 1. The Morgan fingerprint density at radius 1 is 1.21 bits per heavy atom. The number of imidazole rings is 1. The van der Waals surface area contributed by atoms with Gasteiger partial charge in [-0.05, 0) is 36.0 Å². The van der Waals surface area contributed by atoms with Crippen LogP contribution in [0.4, 0.5) is 5.95 Å². The zero-order valence-corrected chi connectivity index (χ0v) is 12.1. The number of hydrogen-bond donors (Lipinski definition) is 2. The molecule has 2 unspecified atom stereocenters. The van der Waals surface area contributed by atoms with Gasteiger partial charge >= 0.3 is 0 Å². The van der Waals surface area contributed by atoms with Crippen LogP contribution >= 0.6 is 11.6 Å². The molecule has 1 aromatic carbocycles. The van der Waals surface area contributed by atoms with Crippen molar-refractivity contribution in [3.63, 3.8) is 0 Å². The first-order chi connectivity index (χ1) is 8.91. The van der Waals surface area contributed by atoms with E-state index in [-0.39, 0.29) is 5.41 Å². The number of benzene rings is 1. The zero-order valence-electron chi connectivity index (χ0n) is 11.4. The predicted octanol–water partition coefficient (Wildman–Crippen LogP) is 3.86. The summed E-state index contributed by atoms with van der Waals surface area (Å²) in [5.74, 6) is 1.40. The van der Waals surface area contributed by atoms with Crippen LogP contribution < -0.4 is 5.73 Å². The second kappa shape index (κ2) is 4.01. The Balaban J connectivity index is 1.96. The van der Waals surface area contributed by atoms with Crippen LogP contribution in [-0.2, 0) is 0 Å². The van der Waals surface area contributed by atoms with E-state index < -0.39 is 0 Å². The molecule has 0 spiro atoms. The maximum atomic E-state index is 5.96. The molecule has 1 aliphatic carbocycles. The van der Waals surface area contributed by atoms with Gasteiger partial charge in [-0.25, -0.2) is 4.98 Å². The minimum absolute atomic E-state index is 0.209. The summed E-state index contributed by atoms with van der Waals surface area (Å²) in [5.41, 5.74) is 9.46. The van der Waals surface area contributed by atoms with Gasteiger partial charge in [0.15, 0.2) is 5.95 Å². The molecule has 19 heavy (non-hydrogen) atoms. The molecule has 0 bridgehead atoms. The summed E-state index contributed by atoms with van der Waals surface area (Å²) in [6.45, 7) is 6.59. The summed E-state index contributed by atoms with van der Waals surface area (Å²) in [6, 6.07) is 8.13. The Morgan fingerprint density at radius 3 is 2.37 bits per heavy atom. The van der Waals surface area contributed by atoms with Gasteiger partial charge in [-0.2, -0.15) is 0 Å². The van der Waals surface area contributed by atoms with E-state index in [9.17, 15) is 0 Å². The molecule has 1 aromatic heterocycles. The first-order valence-electron chi connectivity index (χ1n) is 6.48. The Morgan fingerprint density at radius 2 is 1.84 bits per heavy atom. The van der Waals surface area contributed by atoms with Crippen molar-refractivity contribution >= 4 is 17.5 Å². The monoisotopic (exact) mass is 275 g/mol. The topological polar surface area (TPSA) is 54.7 Å². The maximum absolute atomic E-state index is 5.96. The molecular formula is C15H18ClN3. The van der Waals surface area contributed by atoms with Crippen LogP contribution in [0.2, 0.25) is 5.02 Å². The molecule has 4 heteroatoms. The molecule has 1 heterocycles. The minimum atomic E-state index is 0.209. The highest BCUT2D eigenvalue weighted by Crippen LogP contribution is 2.69. The fraction of sp³-hybridized carbons (Fsp3) is 0.400. The van der Waals surface area contributed by atoms with E-state index in [2.05, 4.69) is 35.9 Å². The van der Waals surface area contributed by atoms with Gasteiger partial charge in [-0.3, -0.25) is 0 Å². The first-order valence-corrected chi connectivity index (χ1v) is 6.86. The third-order valence-corrected chi connectivity index (χ3v) is 4.54. The predicted molar refractivity (Wildman–Crippen MR) is 78.5 cm³/mol. The van der Waals surface area contributed by atoms with Crippen LogP contribution in [0.5, 0.6) is 0 Å². The Kier molecular flexibility index (Phi) is 2.65. The van der Waals surface area contributed by atoms with Gasteiger partial charge in [0.05, 0.1) is 5.69 Å². The van der Waals surface area contributed by atoms with Crippen LogP contribution in [0.15, 0.2) is 24.3 Å². The summed E-state index contributed by atoms with van der Waals surface area (Å²) < 4.78 is 0. The molecule has 0 aliphatic heterocycles. The van der Waals surface area contributed by atoms with Crippen molar-refractivity contribution in [3.8, 4) is 0 Å². The smallest absolute Gasteiger partial charge is 0.197 e. The minimum Gasteiger partial charge on any atom is -0.369 e. The van der Waals surface area contributed by atoms with Crippen molar-refractivity contribution in [1.82, 2.24) is 9.97 Å². The van der Waals surface area contributed by atoms with Crippen molar-refractivity contribution in [1.29, 1.82) is 0 Å². The fourth-order valence-electron chi connectivity index (χ4n) is 3.24. The van der Waals surface area contributed by atoms with Crippen molar-refractivity contribution in [2.45, 2.75) is 32.6 Å². The quantitative estimate of drug-likeness (QED) is 0.874. The van der Waals surface area contributed by atoms with E-state index >= 15 is 0 Å². The SMILES string of the molecule is Cc1[nH]c(N)nc1C1C(c2ccc(Cl)cc2)C1(C)C. The van der Waals surface area contributed by atoms with Gasteiger partial charge in [-0.15, -0.1) is 0 Å². The van der Waals surface area contributed by atoms with Crippen LogP contribution in [0.1, 0.15) is 42.6 Å². The molecule has 3 N–H and O–H groups in total. The Labute approximate surface area is 118 Å². The lowest BCUT2D eigenvalue weighted by atomic mass is 10.0. The number of aromatic nitrogens is 2. The van der Waals surface area contributed by atoms with Gasteiger partial charge in [0, 0.05) is 16.6 Å². The highest BCUT2D eigenvalue weighted by molar-refractivity contribution is 6.30. The average Bonchev–Trinajstić information content (AvgIpc) is 2.73. The number of anilines is 1. The normalized spacial score (nSPS) is 24.4. The zero-order chi connectivity index (χ0) is 13.8. The first kappa shape index (κ1) is 12.5. The number of nitrogens with two attached hydrogens (primary N) is 1. The lowest BCUT2D eigenvalue weighted by Gasteiger charge is -2.02. The molecular weight excluding hydrogens is 258 g/mol. The molecule has 0 saturated heterocycles. The van der Waals surface area contributed by atoms with Crippen LogP contribution in [-0.4, -0.2) is 9.97 Å². The molecule has 0 amide bonds. The molecule has 3 rings (SSSR count). The highest BCUT2D eigenvalue weighted by atomic mass is 35.5. The van der Waals surface area contributed by atoms with Gasteiger partial charge in [0.2, 0.25) is 0 Å². The summed E-state index contributed by atoms with van der Waals surface area (Å²) in [5, 5.41) is 0.777. The fourth-order valence-corrected chi connectivity index (χ4v) is 3.37. The average molecular weight is 276 g/mol. The molecule has 2 atom stereocenters. The van der Waals surface area contributed by atoms with E-state index in [1.54, 1.807) is 0 Å². The van der Waals surface area contributed by atoms with Crippen molar-refractivity contribution < 1.29 is 0 Å². The van der Waals surface area contributed by atoms with E-state index in [4.69, 9.17) is 17.3 Å². The summed E-state index contributed by atoms with van der Waals surface area (Å²) in [6.07, 6.45) is 0. The van der Waals surface area contributed by atoms with Crippen molar-refractivity contribution in [3.05, 3.63) is 46.2 Å². The second-order valence-corrected chi connectivity index (χ2v) is 6.40. The Bertz CT molecular complexity index is 613. The van der Waals surface area contributed by atoms with E-state index in [1.165, 1.54) is 5.56 Å². The largest absolute Gasteiger partial charge is 0.369 e. The number of H-pyrrole nitrogens is 1. The summed E-state index contributed by atoms with van der Waals surface area (Å²) in [4.78, 5) is 7.55. The standard InChI is InChI=1S/C15H18ClN3/c1-8-13(19-14(17)18-8)12-11(15(12,2)3)9-4-6-10(16)7-5-9/h4-7,11-12H,1-3H3,(H3,17,18,19). The molecule has 0 radical (unpaired) electrons. The summed E-state index contributed by atoms with van der Waals surface area (Å²) >= 11 is 5.96. The number of nitrogen functional groups attached to an aromatic ring is 1. The van der Waals surface area contributed by atoms with E-state index in [0.717, 1.165) is 16.4 Å². The van der Waals surface area contributed by atoms with Crippen molar-refractivity contribution in [2.24, 2.45) is 5.41 Å². The number of rotatable bonds is 2. The molecule has 3 nitrogen and oxygen atoms in total. The number of nitrogens with zero attached hydrogens (tertiary/aromatic N) is 1. The van der Waals surface area contributed by atoms with Crippen LogP contribution in [0, 0.1) is 12.3 Å². The van der Waals surface area contributed by atoms with Gasteiger partial charge in [0.1, 0.15) is 0 Å². The number of hydrogen-bond acceptors (Lipinski definition) is 2. The summed E-state index contributed by atoms with van der Waals surface area (Å²) in [7, 11) is 0. The molecule has 1 aliphatic rings. The highest BCUT2D eigenvalue weighted by Gasteiger charge is 2.60. The number of aromatic amines is 1. The third-order valence-electron chi connectivity index (χ3n) is 4.29.